The molecule has 88 valence electrons. The molecule has 1 aliphatic rings. The zero-order valence-electron chi connectivity index (χ0n) is 10.2. The van der Waals surface area contributed by atoms with Gasteiger partial charge >= 0.3 is 0 Å². The molecular weight excluding hydrogens is 196 g/mol. The van der Waals surface area contributed by atoms with Crippen LogP contribution in [0.4, 0.5) is 5.69 Å². The van der Waals surface area contributed by atoms with E-state index in [1.807, 2.05) is 12.1 Å². The van der Waals surface area contributed by atoms with Crippen LogP contribution < -0.4 is 5.73 Å². The molecular formula is C14H22N2. The highest BCUT2D eigenvalue weighted by atomic mass is 15.1. The molecule has 1 aromatic rings. The Morgan fingerprint density at radius 3 is 2.44 bits per heavy atom. The summed E-state index contributed by atoms with van der Waals surface area (Å²) in [5.74, 6) is 0.953. The van der Waals surface area contributed by atoms with E-state index in [1.165, 1.54) is 31.4 Å². The van der Waals surface area contributed by atoms with Gasteiger partial charge in [0.2, 0.25) is 0 Å². The fourth-order valence-corrected chi connectivity index (χ4v) is 2.23. The molecule has 2 nitrogen and oxygen atoms in total. The van der Waals surface area contributed by atoms with E-state index in [0.29, 0.717) is 0 Å². The third-order valence-corrected chi connectivity index (χ3v) is 3.57. The number of hydrogen-bond donors (Lipinski definition) is 1. The zero-order chi connectivity index (χ0) is 11.4. The maximum Gasteiger partial charge on any atom is 0.0314 e. The number of benzene rings is 1. The number of rotatable bonds is 5. The predicted molar refractivity (Wildman–Crippen MR) is 69.1 cm³/mol. The van der Waals surface area contributed by atoms with Crippen molar-refractivity contribution in [3.8, 4) is 0 Å². The fraction of sp³-hybridized carbons (Fsp3) is 0.571. The first-order valence-electron chi connectivity index (χ1n) is 6.34. The van der Waals surface area contributed by atoms with E-state index in [2.05, 4.69) is 24.0 Å². The first-order valence-corrected chi connectivity index (χ1v) is 6.34. The van der Waals surface area contributed by atoms with Gasteiger partial charge in [0.15, 0.2) is 0 Å². The molecule has 0 radical (unpaired) electrons. The Morgan fingerprint density at radius 2 is 1.94 bits per heavy atom. The van der Waals surface area contributed by atoms with Crippen molar-refractivity contribution in [1.29, 1.82) is 0 Å². The number of nitrogen functional groups attached to an aromatic ring is 1. The molecule has 0 aromatic heterocycles. The van der Waals surface area contributed by atoms with Crippen molar-refractivity contribution >= 4 is 5.69 Å². The van der Waals surface area contributed by atoms with Crippen LogP contribution in [0.5, 0.6) is 0 Å². The summed E-state index contributed by atoms with van der Waals surface area (Å²) in [6, 6.07) is 8.26. The van der Waals surface area contributed by atoms with Gasteiger partial charge in [0.05, 0.1) is 0 Å². The van der Waals surface area contributed by atoms with Crippen molar-refractivity contribution in [3.05, 3.63) is 29.8 Å². The molecule has 0 amide bonds. The summed E-state index contributed by atoms with van der Waals surface area (Å²) in [4.78, 5) is 2.54. The number of nitrogens with zero attached hydrogens (tertiary/aromatic N) is 1. The van der Waals surface area contributed by atoms with Crippen molar-refractivity contribution in [1.82, 2.24) is 4.90 Å². The van der Waals surface area contributed by atoms with Gasteiger partial charge in [-0.3, -0.25) is 4.90 Å². The SMILES string of the molecule is CCN(Cc1ccc(N)cc1)CC1CCC1. The van der Waals surface area contributed by atoms with Crippen molar-refractivity contribution in [2.24, 2.45) is 5.92 Å². The molecule has 0 unspecified atom stereocenters. The summed E-state index contributed by atoms with van der Waals surface area (Å²) in [6.45, 7) is 5.71. The second-order valence-electron chi connectivity index (χ2n) is 4.87. The van der Waals surface area contributed by atoms with Crippen molar-refractivity contribution in [3.63, 3.8) is 0 Å². The molecule has 0 heterocycles. The molecule has 2 rings (SSSR count). The molecule has 0 aliphatic heterocycles. The molecule has 0 spiro atoms. The average molecular weight is 218 g/mol. The van der Waals surface area contributed by atoms with Crippen LogP contribution in [-0.4, -0.2) is 18.0 Å². The molecule has 0 bridgehead atoms. The van der Waals surface area contributed by atoms with Crippen molar-refractivity contribution in [2.75, 3.05) is 18.8 Å². The van der Waals surface area contributed by atoms with Crippen LogP contribution in [0.15, 0.2) is 24.3 Å². The van der Waals surface area contributed by atoms with Gasteiger partial charge < -0.3 is 5.73 Å². The van der Waals surface area contributed by atoms with Crippen LogP contribution in [0.25, 0.3) is 0 Å². The minimum Gasteiger partial charge on any atom is -0.399 e. The molecule has 0 saturated heterocycles. The first-order chi connectivity index (χ1) is 7.78. The van der Waals surface area contributed by atoms with Crippen LogP contribution in [0.2, 0.25) is 0 Å². The molecule has 1 saturated carbocycles. The third kappa shape index (κ3) is 2.99. The molecule has 0 atom stereocenters. The van der Waals surface area contributed by atoms with E-state index >= 15 is 0 Å². The van der Waals surface area contributed by atoms with Gasteiger partial charge in [-0.1, -0.05) is 25.5 Å². The van der Waals surface area contributed by atoms with Crippen LogP contribution in [0, 0.1) is 5.92 Å². The Balaban J connectivity index is 1.87. The Hall–Kier alpha value is -1.02. The largest absolute Gasteiger partial charge is 0.399 e. The van der Waals surface area contributed by atoms with Crippen LogP contribution in [0.3, 0.4) is 0 Å². The van der Waals surface area contributed by atoms with E-state index < -0.39 is 0 Å². The van der Waals surface area contributed by atoms with Crippen LogP contribution >= 0.6 is 0 Å². The smallest absolute Gasteiger partial charge is 0.0314 e. The maximum absolute atomic E-state index is 5.69. The molecule has 1 aliphatic carbocycles. The topological polar surface area (TPSA) is 29.3 Å². The highest BCUT2D eigenvalue weighted by Crippen LogP contribution is 2.27. The van der Waals surface area contributed by atoms with Gasteiger partial charge in [-0.2, -0.15) is 0 Å². The normalized spacial score (nSPS) is 16.4. The molecule has 1 fully saturated rings. The monoisotopic (exact) mass is 218 g/mol. The van der Waals surface area contributed by atoms with Gasteiger partial charge in [0.1, 0.15) is 0 Å². The summed E-state index contributed by atoms with van der Waals surface area (Å²) in [7, 11) is 0. The summed E-state index contributed by atoms with van der Waals surface area (Å²) in [5.41, 5.74) is 7.91. The zero-order valence-corrected chi connectivity index (χ0v) is 10.2. The van der Waals surface area contributed by atoms with Crippen LogP contribution in [-0.2, 0) is 6.54 Å². The third-order valence-electron chi connectivity index (χ3n) is 3.57. The molecule has 16 heavy (non-hydrogen) atoms. The van der Waals surface area contributed by atoms with Gasteiger partial charge in [0, 0.05) is 18.8 Å². The number of anilines is 1. The Morgan fingerprint density at radius 1 is 1.25 bits per heavy atom. The second-order valence-corrected chi connectivity index (χ2v) is 4.87. The van der Waals surface area contributed by atoms with Gasteiger partial charge in [-0.15, -0.1) is 0 Å². The van der Waals surface area contributed by atoms with E-state index in [-0.39, 0.29) is 0 Å². The summed E-state index contributed by atoms with van der Waals surface area (Å²) in [5, 5.41) is 0. The number of hydrogen-bond acceptors (Lipinski definition) is 2. The Bertz CT molecular complexity index is 314. The summed E-state index contributed by atoms with van der Waals surface area (Å²) < 4.78 is 0. The highest BCUT2D eigenvalue weighted by molar-refractivity contribution is 5.39. The first kappa shape index (κ1) is 11.5. The lowest BCUT2D eigenvalue weighted by molar-refractivity contribution is 0.178. The summed E-state index contributed by atoms with van der Waals surface area (Å²) >= 11 is 0. The standard InChI is InChI=1S/C14H22N2/c1-2-16(10-12-4-3-5-12)11-13-6-8-14(15)9-7-13/h6-9,12H,2-5,10-11,15H2,1H3. The molecule has 2 N–H and O–H groups in total. The minimum absolute atomic E-state index is 0.853. The molecule has 1 aromatic carbocycles. The Kier molecular flexibility index (Phi) is 3.83. The maximum atomic E-state index is 5.69. The quantitative estimate of drug-likeness (QED) is 0.770. The van der Waals surface area contributed by atoms with E-state index in [1.54, 1.807) is 0 Å². The lowest BCUT2D eigenvalue weighted by Crippen LogP contribution is -2.32. The highest BCUT2D eigenvalue weighted by Gasteiger charge is 2.19. The van der Waals surface area contributed by atoms with Gasteiger partial charge in [0.25, 0.3) is 0 Å². The van der Waals surface area contributed by atoms with Crippen LogP contribution in [0.1, 0.15) is 31.7 Å². The van der Waals surface area contributed by atoms with Crippen molar-refractivity contribution in [2.45, 2.75) is 32.7 Å². The average Bonchev–Trinajstić information content (AvgIpc) is 2.24. The van der Waals surface area contributed by atoms with E-state index in [4.69, 9.17) is 5.73 Å². The van der Waals surface area contributed by atoms with Gasteiger partial charge in [-0.25, -0.2) is 0 Å². The molecule has 2 heteroatoms. The minimum atomic E-state index is 0.853. The van der Waals surface area contributed by atoms with Crippen molar-refractivity contribution < 1.29 is 0 Å². The Labute approximate surface area is 98.4 Å². The second kappa shape index (κ2) is 5.35. The van der Waals surface area contributed by atoms with E-state index in [9.17, 15) is 0 Å². The number of nitrogens with two attached hydrogens (primary N) is 1. The van der Waals surface area contributed by atoms with E-state index in [0.717, 1.165) is 24.7 Å². The lowest BCUT2D eigenvalue weighted by Gasteiger charge is -2.31. The summed E-state index contributed by atoms with van der Waals surface area (Å²) in [6.07, 6.45) is 4.29. The van der Waals surface area contributed by atoms with Gasteiger partial charge in [-0.05, 0) is 43.0 Å². The lowest BCUT2D eigenvalue weighted by atomic mass is 9.85. The fourth-order valence-electron chi connectivity index (χ4n) is 2.23. The predicted octanol–water partition coefficient (Wildman–Crippen LogP) is 2.89.